The van der Waals surface area contributed by atoms with E-state index in [-0.39, 0.29) is 0 Å². The lowest BCUT2D eigenvalue weighted by molar-refractivity contribution is 0.526. The molecule has 0 spiro atoms. The normalized spacial score (nSPS) is 24.1. The summed E-state index contributed by atoms with van der Waals surface area (Å²) in [6.07, 6.45) is 0. The molecule has 0 radical (unpaired) electrons. The minimum Gasteiger partial charge on any atom is -0.309 e. The van der Waals surface area contributed by atoms with Crippen LogP contribution < -0.4 is 5.32 Å². The second-order valence-electron chi connectivity index (χ2n) is 5.55. The average Bonchev–Trinajstić information content (AvgIpc) is 2.53. The van der Waals surface area contributed by atoms with Crippen molar-refractivity contribution >= 4 is 34.3 Å². The molecule has 1 heterocycles. The molecule has 21 heavy (non-hydrogen) atoms. The first kappa shape index (κ1) is 15.3. The maximum atomic E-state index is 3.73. The summed E-state index contributed by atoms with van der Waals surface area (Å²) in [5.74, 6) is 2.56. The van der Waals surface area contributed by atoms with E-state index in [0.29, 0.717) is 16.5 Å². The monoisotopic (exact) mass is 317 g/mol. The Morgan fingerprint density at radius 3 is 2.62 bits per heavy atom. The fourth-order valence-electron chi connectivity index (χ4n) is 3.06. The lowest BCUT2D eigenvalue weighted by atomic mass is 9.98. The molecule has 1 saturated heterocycles. The Kier molecular flexibility index (Phi) is 5.15. The molecule has 2 aromatic rings. The molecule has 1 aliphatic rings. The molecule has 0 bridgehead atoms. The largest absolute Gasteiger partial charge is 0.309 e. The molecule has 1 nitrogen and oxygen atoms in total. The van der Waals surface area contributed by atoms with Crippen LogP contribution in [0.5, 0.6) is 0 Å². The Hall–Kier alpha value is -0.640. The summed E-state index contributed by atoms with van der Waals surface area (Å²) in [7, 11) is 0. The number of nitrogens with one attached hydrogen (secondary N) is 1. The first-order valence-corrected chi connectivity index (χ1v) is 9.84. The first-order chi connectivity index (χ1) is 10.3. The summed E-state index contributed by atoms with van der Waals surface area (Å²) in [5.41, 5.74) is 1.43. The number of fused-ring (bicyclic) bond motifs is 1. The van der Waals surface area contributed by atoms with Gasteiger partial charge in [-0.3, -0.25) is 0 Å². The standard InChI is InChI=1S/C18H23NS2/c1-3-19-17(18-13(2)20-10-11-21-18)16-9-8-14-6-4-5-7-15(14)12-16/h4-9,12-13,17-19H,3,10-11H2,1-2H3. The Bertz CT molecular complexity index is 599. The molecule has 1 fully saturated rings. The molecule has 0 saturated carbocycles. The minimum atomic E-state index is 0.451. The fourth-order valence-corrected chi connectivity index (χ4v) is 6.01. The third-order valence-corrected chi connectivity index (χ3v) is 7.32. The van der Waals surface area contributed by atoms with Crippen LogP contribution in [0.15, 0.2) is 42.5 Å². The molecule has 0 aromatic heterocycles. The van der Waals surface area contributed by atoms with Gasteiger partial charge in [-0.2, -0.15) is 23.5 Å². The van der Waals surface area contributed by atoms with Gasteiger partial charge in [0.05, 0.1) is 0 Å². The fraction of sp³-hybridized carbons (Fsp3) is 0.444. The molecular formula is C18H23NS2. The maximum Gasteiger partial charge on any atom is 0.0451 e. The predicted octanol–water partition coefficient (Wildman–Crippen LogP) is 4.73. The predicted molar refractivity (Wildman–Crippen MR) is 98.5 cm³/mol. The Balaban J connectivity index is 1.94. The number of thioether (sulfide) groups is 2. The van der Waals surface area contributed by atoms with Crippen molar-refractivity contribution in [2.45, 2.75) is 30.4 Å². The van der Waals surface area contributed by atoms with Gasteiger partial charge in [0, 0.05) is 28.0 Å². The topological polar surface area (TPSA) is 12.0 Å². The quantitative estimate of drug-likeness (QED) is 0.875. The smallest absolute Gasteiger partial charge is 0.0451 e. The number of rotatable bonds is 4. The van der Waals surface area contributed by atoms with Crippen LogP contribution in [0, 0.1) is 0 Å². The van der Waals surface area contributed by atoms with Crippen molar-refractivity contribution in [3.63, 3.8) is 0 Å². The Morgan fingerprint density at radius 2 is 1.86 bits per heavy atom. The zero-order valence-corrected chi connectivity index (χ0v) is 14.3. The lowest BCUT2D eigenvalue weighted by Crippen LogP contribution is -2.37. The van der Waals surface area contributed by atoms with Gasteiger partial charge < -0.3 is 5.32 Å². The summed E-state index contributed by atoms with van der Waals surface area (Å²) < 4.78 is 0. The van der Waals surface area contributed by atoms with E-state index in [1.165, 1.54) is 27.8 Å². The van der Waals surface area contributed by atoms with Crippen LogP contribution in [0.3, 0.4) is 0 Å². The van der Waals surface area contributed by atoms with E-state index in [1.807, 2.05) is 0 Å². The molecule has 0 aliphatic carbocycles. The van der Waals surface area contributed by atoms with Crippen LogP contribution in [-0.4, -0.2) is 28.6 Å². The van der Waals surface area contributed by atoms with Crippen molar-refractivity contribution in [2.75, 3.05) is 18.1 Å². The van der Waals surface area contributed by atoms with Gasteiger partial charge in [-0.05, 0) is 28.9 Å². The van der Waals surface area contributed by atoms with Crippen LogP contribution in [0.2, 0.25) is 0 Å². The van der Waals surface area contributed by atoms with Gasteiger partial charge in [0.25, 0.3) is 0 Å². The van der Waals surface area contributed by atoms with E-state index in [2.05, 4.69) is 85.2 Å². The number of hydrogen-bond acceptors (Lipinski definition) is 3. The second kappa shape index (κ2) is 7.08. The molecular weight excluding hydrogens is 294 g/mol. The molecule has 3 heteroatoms. The molecule has 1 aliphatic heterocycles. The molecule has 2 aromatic carbocycles. The summed E-state index contributed by atoms with van der Waals surface area (Å²) in [6, 6.07) is 16.0. The van der Waals surface area contributed by atoms with Gasteiger partial charge in [-0.1, -0.05) is 50.2 Å². The Labute approximate surface area is 136 Å². The molecule has 112 valence electrons. The van der Waals surface area contributed by atoms with E-state index in [9.17, 15) is 0 Å². The zero-order chi connectivity index (χ0) is 14.7. The number of benzene rings is 2. The summed E-state index contributed by atoms with van der Waals surface area (Å²) in [4.78, 5) is 0. The van der Waals surface area contributed by atoms with Crippen LogP contribution in [0.1, 0.15) is 25.5 Å². The SMILES string of the molecule is CCNC(c1ccc2ccccc2c1)C1SCCSC1C. The molecule has 1 N–H and O–H groups in total. The average molecular weight is 318 g/mol. The minimum absolute atomic E-state index is 0.451. The maximum absolute atomic E-state index is 3.73. The van der Waals surface area contributed by atoms with Crippen LogP contribution in [-0.2, 0) is 0 Å². The summed E-state index contributed by atoms with van der Waals surface area (Å²) >= 11 is 4.25. The van der Waals surface area contributed by atoms with Gasteiger partial charge in [0.2, 0.25) is 0 Å². The highest BCUT2D eigenvalue weighted by Crippen LogP contribution is 2.39. The summed E-state index contributed by atoms with van der Waals surface area (Å²) in [6.45, 7) is 5.61. The van der Waals surface area contributed by atoms with Crippen molar-refractivity contribution in [3.05, 3.63) is 48.0 Å². The summed E-state index contributed by atoms with van der Waals surface area (Å²) in [5, 5.41) is 7.77. The van der Waals surface area contributed by atoms with Gasteiger partial charge in [0.15, 0.2) is 0 Å². The van der Waals surface area contributed by atoms with Gasteiger partial charge in [0.1, 0.15) is 0 Å². The van der Waals surface area contributed by atoms with Crippen molar-refractivity contribution < 1.29 is 0 Å². The van der Waals surface area contributed by atoms with Crippen molar-refractivity contribution in [1.82, 2.24) is 5.32 Å². The van der Waals surface area contributed by atoms with E-state index in [1.54, 1.807) is 0 Å². The van der Waals surface area contributed by atoms with Crippen molar-refractivity contribution in [2.24, 2.45) is 0 Å². The highest BCUT2D eigenvalue weighted by molar-refractivity contribution is 8.07. The van der Waals surface area contributed by atoms with Gasteiger partial charge in [-0.15, -0.1) is 0 Å². The highest BCUT2D eigenvalue weighted by atomic mass is 32.2. The second-order valence-corrected chi connectivity index (χ2v) is 8.32. The van der Waals surface area contributed by atoms with E-state index < -0.39 is 0 Å². The number of hydrogen-bond donors (Lipinski definition) is 1. The van der Waals surface area contributed by atoms with Gasteiger partial charge in [-0.25, -0.2) is 0 Å². The van der Waals surface area contributed by atoms with Crippen LogP contribution >= 0.6 is 23.5 Å². The third kappa shape index (κ3) is 3.41. The zero-order valence-electron chi connectivity index (χ0n) is 12.7. The van der Waals surface area contributed by atoms with Crippen LogP contribution in [0.25, 0.3) is 10.8 Å². The van der Waals surface area contributed by atoms with E-state index in [0.717, 1.165) is 6.54 Å². The Morgan fingerprint density at radius 1 is 1.10 bits per heavy atom. The third-order valence-electron chi connectivity index (χ3n) is 4.12. The van der Waals surface area contributed by atoms with Crippen LogP contribution in [0.4, 0.5) is 0 Å². The molecule has 3 unspecified atom stereocenters. The van der Waals surface area contributed by atoms with Crippen molar-refractivity contribution in [1.29, 1.82) is 0 Å². The highest BCUT2D eigenvalue weighted by Gasteiger charge is 2.30. The first-order valence-electron chi connectivity index (χ1n) is 7.75. The molecule has 3 atom stereocenters. The van der Waals surface area contributed by atoms with E-state index >= 15 is 0 Å². The lowest BCUT2D eigenvalue weighted by Gasteiger charge is -2.35. The van der Waals surface area contributed by atoms with E-state index in [4.69, 9.17) is 0 Å². The molecule has 3 rings (SSSR count). The van der Waals surface area contributed by atoms with Gasteiger partial charge >= 0.3 is 0 Å². The van der Waals surface area contributed by atoms with Crippen molar-refractivity contribution in [3.8, 4) is 0 Å². The molecule has 0 amide bonds.